The molecular weight excluding hydrogens is 254 g/mol. The first kappa shape index (κ1) is 14.7. The summed E-state index contributed by atoms with van der Waals surface area (Å²) in [5.41, 5.74) is 0. The molecule has 1 aromatic carbocycles. The highest BCUT2D eigenvalue weighted by Crippen LogP contribution is 2.26. The fourth-order valence-corrected chi connectivity index (χ4v) is 3.15. The van der Waals surface area contributed by atoms with E-state index in [2.05, 4.69) is 29.8 Å². The van der Waals surface area contributed by atoms with Crippen molar-refractivity contribution in [3.63, 3.8) is 0 Å². The van der Waals surface area contributed by atoms with E-state index < -0.39 is 0 Å². The molecule has 1 N–H and O–H groups in total. The van der Waals surface area contributed by atoms with E-state index in [-0.39, 0.29) is 0 Å². The van der Waals surface area contributed by atoms with E-state index in [4.69, 9.17) is 4.74 Å². The van der Waals surface area contributed by atoms with Crippen LogP contribution in [0, 0.1) is 0 Å². The van der Waals surface area contributed by atoms with E-state index in [9.17, 15) is 0 Å². The van der Waals surface area contributed by atoms with Gasteiger partial charge >= 0.3 is 0 Å². The summed E-state index contributed by atoms with van der Waals surface area (Å²) in [6, 6.07) is 9.02. The second kappa shape index (κ2) is 8.49. The molecule has 0 radical (unpaired) electrons. The highest BCUT2D eigenvalue weighted by molar-refractivity contribution is 7.98. The molecule has 0 bridgehead atoms. The maximum absolute atomic E-state index is 5.86. The zero-order chi connectivity index (χ0) is 13.3. The van der Waals surface area contributed by atoms with Crippen molar-refractivity contribution in [2.45, 2.75) is 49.5 Å². The minimum Gasteiger partial charge on any atom is -0.492 e. The highest BCUT2D eigenvalue weighted by atomic mass is 32.2. The summed E-state index contributed by atoms with van der Waals surface area (Å²) in [7, 11) is 0. The van der Waals surface area contributed by atoms with E-state index in [1.54, 1.807) is 11.8 Å². The van der Waals surface area contributed by atoms with Gasteiger partial charge in [0.1, 0.15) is 5.75 Å². The Morgan fingerprint density at radius 2 is 2.00 bits per heavy atom. The number of ether oxygens (including phenoxy) is 1. The number of para-hydroxylation sites is 1. The second-order valence-corrected chi connectivity index (χ2v) is 5.99. The molecule has 0 unspecified atom stereocenters. The average Bonchev–Trinajstić information content (AvgIpc) is 2.48. The third kappa shape index (κ3) is 5.07. The summed E-state index contributed by atoms with van der Waals surface area (Å²) in [5.74, 6) is 1.02. The van der Waals surface area contributed by atoms with Gasteiger partial charge in [-0.25, -0.2) is 0 Å². The molecule has 1 saturated carbocycles. The SMILES string of the molecule is CSc1ccccc1OCCCNC1CCCCC1. The molecule has 0 saturated heterocycles. The zero-order valence-corrected chi connectivity index (χ0v) is 12.7. The third-order valence-corrected chi connectivity index (χ3v) is 4.46. The van der Waals surface area contributed by atoms with Crippen LogP contribution in [0.1, 0.15) is 38.5 Å². The van der Waals surface area contributed by atoms with Gasteiger partial charge in [-0.1, -0.05) is 31.4 Å². The molecule has 106 valence electrons. The van der Waals surface area contributed by atoms with Gasteiger partial charge in [0.25, 0.3) is 0 Å². The Morgan fingerprint density at radius 1 is 1.21 bits per heavy atom. The minimum atomic E-state index is 0.757. The molecule has 0 spiro atoms. The van der Waals surface area contributed by atoms with Crippen LogP contribution in [-0.4, -0.2) is 25.4 Å². The molecule has 19 heavy (non-hydrogen) atoms. The van der Waals surface area contributed by atoms with Crippen molar-refractivity contribution in [2.24, 2.45) is 0 Å². The number of hydrogen-bond acceptors (Lipinski definition) is 3. The lowest BCUT2D eigenvalue weighted by atomic mass is 9.95. The Bertz CT molecular complexity index is 364. The fourth-order valence-electron chi connectivity index (χ4n) is 2.61. The Kier molecular flexibility index (Phi) is 6.58. The number of nitrogens with one attached hydrogen (secondary N) is 1. The van der Waals surface area contributed by atoms with Crippen LogP contribution in [0.5, 0.6) is 5.75 Å². The maximum Gasteiger partial charge on any atom is 0.132 e. The molecule has 0 aliphatic heterocycles. The van der Waals surface area contributed by atoms with Crippen LogP contribution in [0.25, 0.3) is 0 Å². The predicted octanol–water partition coefficient (Wildman–Crippen LogP) is 4.10. The zero-order valence-electron chi connectivity index (χ0n) is 11.9. The van der Waals surface area contributed by atoms with Crippen molar-refractivity contribution in [1.82, 2.24) is 5.32 Å². The van der Waals surface area contributed by atoms with Crippen molar-refractivity contribution >= 4 is 11.8 Å². The van der Waals surface area contributed by atoms with E-state index in [0.717, 1.165) is 31.4 Å². The first-order chi connectivity index (χ1) is 9.40. The van der Waals surface area contributed by atoms with Gasteiger partial charge in [0.2, 0.25) is 0 Å². The van der Waals surface area contributed by atoms with E-state index in [0.29, 0.717) is 0 Å². The maximum atomic E-state index is 5.86. The number of thioether (sulfide) groups is 1. The molecule has 1 aliphatic rings. The van der Waals surface area contributed by atoms with Crippen molar-refractivity contribution in [2.75, 3.05) is 19.4 Å². The second-order valence-electron chi connectivity index (χ2n) is 5.14. The predicted molar refractivity (Wildman–Crippen MR) is 83.2 cm³/mol. The largest absolute Gasteiger partial charge is 0.492 e. The number of rotatable bonds is 7. The molecule has 3 heteroatoms. The van der Waals surface area contributed by atoms with Crippen molar-refractivity contribution < 1.29 is 4.74 Å². The fraction of sp³-hybridized carbons (Fsp3) is 0.625. The molecule has 0 amide bonds. The first-order valence-electron chi connectivity index (χ1n) is 7.39. The lowest BCUT2D eigenvalue weighted by molar-refractivity contribution is 0.291. The van der Waals surface area contributed by atoms with Gasteiger partial charge in [0.05, 0.1) is 6.61 Å². The van der Waals surface area contributed by atoms with Gasteiger partial charge in [-0.2, -0.15) is 0 Å². The average molecular weight is 279 g/mol. The molecule has 2 rings (SSSR count). The van der Waals surface area contributed by atoms with Crippen molar-refractivity contribution in [1.29, 1.82) is 0 Å². The number of hydrogen-bond donors (Lipinski definition) is 1. The quantitative estimate of drug-likeness (QED) is 0.600. The van der Waals surface area contributed by atoms with Gasteiger partial charge < -0.3 is 10.1 Å². The Morgan fingerprint density at radius 3 is 2.79 bits per heavy atom. The van der Waals surface area contributed by atoms with Gasteiger partial charge in [-0.05, 0) is 44.2 Å². The van der Waals surface area contributed by atoms with Crippen LogP contribution >= 0.6 is 11.8 Å². The molecule has 2 nitrogen and oxygen atoms in total. The summed E-state index contributed by atoms with van der Waals surface area (Å²) >= 11 is 1.74. The van der Waals surface area contributed by atoms with E-state index in [1.807, 2.05) is 6.07 Å². The third-order valence-electron chi connectivity index (χ3n) is 3.69. The van der Waals surface area contributed by atoms with Crippen LogP contribution in [0.15, 0.2) is 29.2 Å². The first-order valence-corrected chi connectivity index (χ1v) is 8.62. The van der Waals surface area contributed by atoms with Crippen LogP contribution in [0.2, 0.25) is 0 Å². The summed E-state index contributed by atoms with van der Waals surface area (Å²) in [4.78, 5) is 1.22. The lowest BCUT2D eigenvalue weighted by Crippen LogP contribution is -2.32. The minimum absolute atomic E-state index is 0.757. The van der Waals surface area contributed by atoms with E-state index in [1.165, 1.54) is 37.0 Å². The number of benzene rings is 1. The monoisotopic (exact) mass is 279 g/mol. The van der Waals surface area contributed by atoms with E-state index >= 15 is 0 Å². The topological polar surface area (TPSA) is 21.3 Å². The van der Waals surface area contributed by atoms with Crippen molar-refractivity contribution in [3.05, 3.63) is 24.3 Å². The standard InChI is InChI=1S/C16H25NOS/c1-19-16-11-6-5-10-15(16)18-13-7-12-17-14-8-3-2-4-9-14/h5-6,10-11,14,17H,2-4,7-9,12-13H2,1H3. The molecule has 0 atom stereocenters. The summed E-state index contributed by atoms with van der Waals surface area (Å²) in [6.45, 7) is 1.88. The van der Waals surface area contributed by atoms with Gasteiger partial charge in [-0.3, -0.25) is 0 Å². The van der Waals surface area contributed by atoms with Gasteiger partial charge in [0, 0.05) is 10.9 Å². The molecular formula is C16H25NOS. The van der Waals surface area contributed by atoms with Gasteiger partial charge in [0.15, 0.2) is 0 Å². The van der Waals surface area contributed by atoms with Crippen LogP contribution in [0.3, 0.4) is 0 Å². The lowest BCUT2D eigenvalue weighted by Gasteiger charge is -2.22. The Balaban J connectivity index is 1.61. The molecule has 0 aromatic heterocycles. The smallest absolute Gasteiger partial charge is 0.132 e. The normalized spacial score (nSPS) is 16.5. The Hall–Kier alpha value is -0.670. The highest BCUT2D eigenvalue weighted by Gasteiger charge is 2.11. The van der Waals surface area contributed by atoms with Crippen molar-refractivity contribution in [3.8, 4) is 5.75 Å². The van der Waals surface area contributed by atoms with Gasteiger partial charge in [-0.15, -0.1) is 11.8 Å². The summed E-state index contributed by atoms with van der Waals surface area (Å²) in [6.07, 6.45) is 10.1. The molecule has 1 fully saturated rings. The van der Waals surface area contributed by atoms with Crippen LogP contribution in [-0.2, 0) is 0 Å². The van der Waals surface area contributed by atoms with Crippen LogP contribution in [0.4, 0.5) is 0 Å². The molecule has 1 aromatic rings. The Labute approximate surface area is 121 Å². The molecule has 0 heterocycles. The molecule has 1 aliphatic carbocycles. The summed E-state index contributed by atoms with van der Waals surface area (Å²) in [5, 5.41) is 3.65. The van der Waals surface area contributed by atoms with Crippen LogP contribution < -0.4 is 10.1 Å². The summed E-state index contributed by atoms with van der Waals surface area (Å²) < 4.78 is 5.86.